The lowest BCUT2D eigenvalue weighted by Crippen LogP contribution is -2.13. The number of amides is 1. The van der Waals surface area contributed by atoms with Gasteiger partial charge in [0, 0.05) is 11.5 Å². The molecule has 3 aromatic rings. The molecule has 1 amide bonds. The van der Waals surface area contributed by atoms with Crippen LogP contribution in [0.25, 0.3) is 6.08 Å². The Balaban J connectivity index is 1.81. The maximum Gasteiger partial charge on any atom is 0.343 e. The minimum absolute atomic E-state index is 0.123. The predicted molar refractivity (Wildman–Crippen MR) is 123 cm³/mol. The average Bonchev–Trinajstić information content (AvgIpc) is 3.27. The molecule has 10 heteroatoms. The third-order valence-electron chi connectivity index (χ3n) is 3.97. The summed E-state index contributed by atoms with van der Waals surface area (Å²) in [7, 11) is 0. The van der Waals surface area contributed by atoms with Crippen LogP contribution in [0.15, 0.2) is 59.3 Å². The maximum atomic E-state index is 12.5. The van der Waals surface area contributed by atoms with Crippen molar-refractivity contribution in [3.63, 3.8) is 0 Å². The Morgan fingerprint density at radius 2 is 2.00 bits per heavy atom. The van der Waals surface area contributed by atoms with Crippen molar-refractivity contribution in [2.75, 3.05) is 18.2 Å². The molecule has 0 fully saturated rings. The topological polar surface area (TPSA) is 114 Å². The highest BCUT2D eigenvalue weighted by Gasteiger charge is 2.15. The van der Waals surface area contributed by atoms with Gasteiger partial charge in [-0.15, -0.1) is 0 Å². The summed E-state index contributed by atoms with van der Waals surface area (Å²) in [6.07, 6.45) is 3.24. The monoisotopic (exact) mass is 466 g/mol. The lowest BCUT2D eigenvalue weighted by Gasteiger charge is -2.11. The van der Waals surface area contributed by atoms with E-state index in [0.29, 0.717) is 33.8 Å². The summed E-state index contributed by atoms with van der Waals surface area (Å²) in [5, 5.41) is 12.8. The third-order valence-corrected chi connectivity index (χ3v) is 5.26. The number of nitriles is 1. The number of anilines is 1. The molecule has 0 bridgehead atoms. The van der Waals surface area contributed by atoms with Crippen molar-refractivity contribution in [1.29, 1.82) is 5.26 Å². The summed E-state index contributed by atoms with van der Waals surface area (Å²) >= 11 is 2.38. The first-order chi connectivity index (χ1) is 15.5. The number of nitrogens with one attached hydrogen (secondary N) is 1. The first-order valence-corrected chi connectivity index (χ1v) is 11.4. The molecule has 0 radical (unpaired) electrons. The van der Waals surface area contributed by atoms with Crippen molar-refractivity contribution in [3.8, 4) is 17.6 Å². The molecule has 0 aliphatic rings. The molecular formula is C22H18N4O4S2. The molecule has 0 atom stereocenters. The van der Waals surface area contributed by atoms with E-state index in [9.17, 15) is 14.9 Å². The number of ether oxygens (including phenoxy) is 2. The molecule has 2 aromatic carbocycles. The predicted octanol–water partition coefficient (Wildman–Crippen LogP) is 4.42. The van der Waals surface area contributed by atoms with E-state index in [1.165, 1.54) is 17.8 Å². The van der Waals surface area contributed by atoms with Crippen molar-refractivity contribution in [2.45, 2.75) is 12.1 Å². The van der Waals surface area contributed by atoms with E-state index in [4.69, 9.17) is 9.47 Å². The molecular weight excluding hydrogens is 448 g/mol. The summed E-state index contributed by atoms with van der Waals surface area (Å²) in [6.45, 7) is 2.13. The highest BCUT2D eigenvalue weighted by molar-refractivity contribution is 7.98. The van der Waals surface area contributed by atoms with Crippen LogP contribution < -0.4 is 14.8 Å². The van der Waals surface area contributed by atoms with Crippen molar-refractivity contribution in [2.24, 2.45) is 0 Å². The lowest BCUT2D eigenvalue weighted by atomic mass is 10.1. The van der Waals surface area contributed by atoms with Gasteiger partial charge >= 0.3 is 5.97 Å². The largest absolute Gasteiger partial charge is 0.490 e. The van der Waals surface area contributed by atoms with Crippen LogP contribution in [0.5, 0.6) is 11.5 Å². The number of rotatable bonds is 8. The average molecular weight is 467 g/mol. The summed E-state index contributed by atoms with van der Waals surface area (Å²) in [6, 6.07) is 15.2. The molecule has 162 valence electrons. The van der Waals surface area contributed by atoms with Gasteiger partial charge in [-0.05, 0) is 49.1 Å². The number of carbonyl (C=O) groups excluding carboxylic acids is 2. The second-order valence-electron chi connectivity index (χ2n) is 6.10. The summed E-state index contributed by atoms with van der Waals surface area (Å²) < 4.78 is 15.1. The Morgan fingerprint density at radius 3 is 2.66 bits per heavy atom. The number of hydrogen-bond acceptors (Lipinski definition) is 9. The smallest absolute Gasteiger partial charge is 0.343 e. The van der Waals surface area contributed by atoms with E-state index in [1.807, 2.05) is 12.3 Å². The molecule has 8 nitrogen and oxygen atoms in total. The Kier molecular flexibility index (Phi) is 7.96. The second kappa shape index (κ2) is 11.1. The highest BCUT2D eigenvalue weighted by atomic mass is 32.2. The standard InChI is InChI=1S/C22H18N4O4S2/c1-3-29-18-12-14(9-10-17(18)30-20(28)15-7-5-4-6-8-15)11-16(13-23)19(27)24-21-25-22(31-2)26-32-21/h4-12H,3H2,1-2H3,(H,24,25,26,27)/b16-11-. The number of carbonyl (C=O) groups is 2. The van der Waals surface area contributed by atoms with Gasteiger partial charge < -0.3 is 9.47 Å². The molecule has 1 heterocycles. The van der Waals surface area contributed by atoms with E-state index in [0.717, 1.165) is 11.5 Å². The van der Waals surface area contributed by atoms with Crippen LogP contribution >= 0.6 is 23.3 Å². The molecule has 32 heavy (non-hydrogen) atoms. The quantitative estimate of drug-likeness (QED) is 0.171. The van der Waals surface area contributed by atoms with Gasteiger partial charge in [0.25, 0.3) is 5.91 Å². The van der Waals surface area contributed by atoms with Crippen molar-refractivity contribution in [3.05, 3.63) is 65.2 Å². The van der Waals surface area contributed by atoms with Crippen LogP contribution in [0.3, 0.4) is 0 Å². The number of thioether (sulfide) groups is 1. The van der Waals surface area contributed by atoms with Gasteiger partial charge in [-0.2, -0.15) is 14.6 Å². The van der Waals surface area contributed by atoms with Gasteiger partial charge in [0.15, 0.2) is 11.5 Å². The minimum Gasteiger partial charge on any atom is -0.490 e. The second-order valence-corrected chi connectivity index (χ2v) is 7.63. The van der Waals surface area contributed by atoms with Gasteiger partial charge in [-0.25, -0.2) is 4.79 Å². The zero-order chi connectivity index (χ0) is 22.9. The molecule has 0 saturated heterocycles. The fourth-order valence-corrected chi connectivity index (χ4v) is 3.64. The van der Waals surface area contributed by atoms with Gasteiger partial charge in [0.05, 0.1) is 12.2 Å². The third kappa shape index (κ3) is 5.94. The van der Waals surface area contributed by atoms with Crippen LogP contribution in [-0.4, -0.2) is 34.1 Å². The zero-order valence-corrected chi connectivity index (χ0v) is 18.8. The fourth-order valence-electron chi connectivity index (χ4n) is 2.52. The molecule has 3 rings (SSSR count). The highest BCUT2D eigenvalue weighted by Crippen LogP contribution is 2.30. The van der Waals surface area contributed by atoms with E-state index in [-0.39, 0.29) is 11.3 Å². The lowest BCUT2D eigenvalue weighted by molar-refractivity contribution is -0.112. The van der Waals surface area contributed by atoms with Crippen LogP contribution in [0.2, 0.25) is 0 Å². The number of esters is 1. The summed E-state index contributed by atoms with van der Waals surface area (Å²) in [4.78, 5) is 29.0. The molecule has 0 saturated carbocycles. The van der Waals surface area contributed by atoms with Gasteiger partial charge in [-0.1, -0.05) is 36.0 Å². The first kappa shape index (κ1) is 23.0. The summed E-state index contributed by atoms with van der Waals surface area (Å²) in [5.41, 5.74) is 0.813. The van der Waals surface area contributed by atoms with Crippen molar-refractivity contribution < 1.29 is 19.1 Å². The SMILES string of the molecule is CCOc1cc(/C=C(/C#N)C(=O)Nc2nc(SC)ns2)ccc1OC(=O)c1ccccc1. The van der Waals surface area contributed by atoms with E-state index in [1.54, 1.807) is 55.5 Å². The zero-order valence-electron chi connectivity index (χ0n) is 17.2. The number of nitrogens with zero attached hydrogens (tertiary/aromatic N) is 3. The van der Waals surface area contributed by atoms with Crippen molar-refractivity contribution in [1.82, 2.24) is 9.36 Å². The molecule has 1 aromatic heterocycles. The maximum absolute atomic E-state index is 12.5. The molecule has 0 aliphatic carbocycles. The van der Waals surface area contributed by atoms with Crippen LogP contribution in [-0.2, 0) is 4.79 Å². The molecule has 0 unspecified atom stereocenters. The van der Waals surface area contributed by atoms with Crippen LogP contribution in [0.4, 0.5) is 5.13 Å². The Hall–Kier alpha value is -3.68. The number of benzene rings is 2. The van der Waals surface area contributed by atoms with Gasteiger partial charge in [-0.3, -0.25) is 10.1 Å². The van der Waals surface area contributed by atoms with Crippen molar-refractivity contribution >= 4 is 46.4 Å². The Bertz CT molecular complexity index is 1190. The summed E-state index contributed by atoms with van der Waals surface area (Å²) in [5.74, 6) is -0.571. The first-order valence-electron chi connectivity index (χ1n) is 9.39. The molecule has 1 N–H and O–H groups in total. The van der Waals surface area contributed by atoms with Gasteiger partial charge in [0.2, 0.25) is 10.3 Å². The number of aromatic nitrogens is 2. The van der Waals surface area contributed by atoms with E-state index < -0.39 is 11.9 Å². The normalized spacial score (nSPS) is 10.8. The molecule has 0 aliphatic heterocycles. The van der Waals surface area contributed by atoms with Gasteiger partial charge in [0.1, 0.15) is 11.6 Å². The Labute approximate surface area is 193 Å². The molecule has 0 spiro atoms. The fraction of sp³-hybridized carbons (Fsp3) is 0.136. The number of hydrogen-bond donors (Lipinski definition) is 1. The van der Waals surface area contributed by atoms with Crippen LogP contribution in [0.1, 0.15) is 22.8 Å². The van der Waals surface area contributed by atoms with Crippen LogP contribution in [0, 0.1) is 11.3 Å². The van der Waals surface area contributed by atoms with E-state index >= 15 is 0 Å². The van der Waals surface area contributed by atoms with E-state index in [2.05, 4.69) is 14.7 Å². The minimum atomic E-state index is -0.603. The Morgan fingerprint density at radius 1 is 1.22 bits per heavy atom.